The van der Waals surface area contributed by atoms with Crippen LogP contribution in [0.25, 0.3) is 0 Å². The van der Waals surface area contributed by atoms with Crippen LogP contribution in [0.1, 0.15) is 39.4 Å². The van der Waals surface area contributed by atoms with Gasteiger partial charge in [0.25, 0.3) is 0 Å². The lowest BCUT2D eigenvalue weighted by atomic mass is 10.1. The van der Waals surface area contributed by atoms with Crippen molar-refractivity contribution in [3.63, 3.8) is 0 Å². The van der Waals surface area contributed by atoms with Gasteiger partial charge in [0, 0.05) is 11.3 Å². The van der Waals surface area contributed by atoms with Crippen molar-refractivity contribution in [1.29, 1.82) is 0 Å². The minimum atomic E-state index is 0.351. The first kappa shape index (κ1) is 8.95. The van der Waals surface area contributed by atoms with Gasteiger partial charge in [0.1, 0.15) is 0 Å². The molecule has 13 heavy (non-hydrogen) atoms. The van der Waals surface area contributed by atoms with Crippen molar-refractivity contribution in [2.24, 2.45) is 5.92 Å². The van der Waals surface area contributed by atoms with Crippen LogP contribution in [-0.4, -0.2) is 5.78 Å². The number of rotatable bonds is 3. The predicted octanol–water partition coefficient (Wildman–Crippen LogP) is 3.35. The molecule has 0 unspecified atom stereocenters. The lowest BCUT2D eigenvalue weighted by Crippen LogP contribution is -1.96. The Kier molecular flexibility index (Phi) is 2.24. The molecule has 0 aromatic carbocycles. The second kappa shape index (κ2) is 3.26. The van der Waals surface area contributed by atoms with E-state index in [-0.39, 0.29) is 0 Å². The number of hydrogen-bond acceptors (Lipinski definition) is 2. The van der Waals surface area contributed by atoms with Gasteiger partial charge in [0.15, 0.2) is 5.78 Å². The number of aryl methyl sites for hydroxylation is 2. The van der Waals surface area contributed by atoms with Gasteiger partial charge in [0.05, 0.1) is 4.88 Å². The van der Waals surface area contributed by atoms with E-state index in [4.69, 9.17) is 0 Å². The molecule has 1 fully saturated rings. The quantitative estimate of drug-likeness (QED) is 0.674. The highest BCUT2D eigenvalue weighted by molar-refractivity contribution is 7.14. The van der Waals surface area contributed by atoms with Gasteiger partial charge in [-0.3, -0.25) is 4.79 Å². The molecule has 0 amide bonds. The highest BCUT2D eigenvalue weighted by atomic mass is 32.1. The largest absolute Gasteiger partial charge is 0.293 e. The molecule has 0 bridgehead atoms. The van der Waals surface area contributed by atoms with Crippen molar-refractivity contribution in [3.05, 3.63) is 21.4 Å². The zero-order valence-electron chi connectivity index (χ0n) is 8.09. The molecular formula is C11H14OS. The fraction of sp³-hybridized carbons (Fsp3) is 0.545. The molecule has 0 spiro atoms. The minimum absolute atomic E-state index is 0.351. The summed E-state index contributed by atoms with van der Waals surface area (Å²) in [4.78, 5) is 13.9. The first-order valence-electron chi connectivity index (χ1n) is 4.77. The van der Waals surface area contributed by atoms with E-state index in [1.165, 1.54) is 23.3 Å². The van der Waals surface area contributed by atoms with Gasteiger partial charge in [0.2, 0.25) is 0 Å². The van der Waals surface area contributed by atoms with Crippen LogP contribution in [0.5, 0.6) is 0 Å². The van der Waals surface area contributed by atoms with Gasteiger partial charge in [-0.2, -0.15) is 0 Å². The Hall–Kier alpha value is -0.630. The highest BCUT2D eigenvalue weighted by Crippen LogP contribution is 2.34. The fourth-order valence-electron chi connectivity index (χ4n) is 1.40. The zero-order valence-corrected chi connectivity index (χ0v) is 8.91. The normalized spacial score (nSPS) is 16.2. The van der Waals surface area contributed by atoms with E-state index in [0.29, 0.717) is 11.7 Å². The van der Waals surface area contributed by atoms with Crippen LogP contribution >= 0.6 is 11.3 Å². The Morgan fingerprint density at radius 1 is 1.54 bits per heavy atom. The molecule has 0 N–H and O–H groups in total. The van der Waals surface area contributed by atoms with Crippen molar-refractivity contribution in [2.45, 2.75) is 33.1 Å². The smallest absolute Gasteiger partial charge is 0.173 e. The Morgan fingerprint density at radius 2 is 2.23 bits per heavy atom. The minimum Gasteiger partial charge on any atom is -0.293 e. The molecule has 2 heteroatoms. The molecule has 1 aliphatic rings. The third-order valence-corrected chi connectivity index (χ3v) is 3.81. The van der Waals surface area contributed by atoms with Gasteiger partial charge < -0.3 is 0 Å². The Morgan fingerprint density at radius 3 is 2.69 bits per heavy atom. The highest BCUT2D eigenvalue weighted by Gasteiger charge is 2.25. The SMILES string of the molecule is Cc1cc(C(=O)CC2CC2)sc1C. The zero-order chi connectivity index (χ0) is 9.42. The van der Waals surface area contributed by atoms with E-state index in [1.807, 2.05) is 6.07 Å². The topological polar surface area (TPSA) is 17.1 Å². The summed E-state index contributed by atoms with van der Waals surface area (Å²) in [5.41, 5.74) is 1.25. The molecule has 0 atom stereocenters. The lowest BCUT2D eigenvalue weighted by molar-refractivity contribution is 0.0980. The van der Waals surface area contributed by atoms with Crippen LogP contribution in [0.2, 0.25) is 0 Å². The van der Waals surface area contributed by atoms with Crippen LogP contribution < -0.4 is 0 Å². The maximum absolute atomic E-state index is 11.7. The standard InChI is InChI=1S/C11H14OS/c1-7-5-11(13-8(7)2)10(12)6-9-3-4-9/h5,9H,3-4,6H2,1-2H3. The number of hydrogen-bond donors (Lipinski definition) is 0. The van der Waals surface area contributed by atoms with Gasteiger partial charge >= 0.3 is 0 Å². The number of thiophene rings is 1. The van der Waals surface area contributed by atoms with E-state index < -0.39 is 0 Å². The van der Waals surface area contributed by atoms with Crippen LogP contribution in [0.15, 0.2) is 6.07 Å². The summed E-state index contributed by atoms with van der Waals surface area (Å²) in [6.07, 6.45) is 3.30. The molecule has 1 aliphatic carbocycles. The van der Waals surface area contributed by atoms with Crippen molar-refractivity contribution in [2.75, 3.05) is 0 Å². The maximum atomic E-state index is 11.7. The molecule has 1 aromatic rings. The van der Waals surface area contributed by atoms with E-state index in [9.17, 15) is 4.79 Å². The van der Waals surface area contributed by atoms with Crippen molar-refractivity contribution in [1.82, 2.24) is 0 Å². The Balaban J connectivity index is 2.09. The monoisotopic (exact) mass is 194 g/mol. The molecular weight excluding hydrogens is 180 g/mol. The number of carbonyl (C=O) groups excluding carboxylic acids is 1. The molecule has 1 aromatic heterocycles. The van der Waals surface area contributed by atoms with E-state index >= 15 is 0 Å². The van der Waals surface area contributed by atoms with Crippen molar-refractivity contribution in [3.8, 4) is 0 Å². The Bertz CT molecular complexity index is 314. The van der Waals surface area contributed by atoms with E-state index in [0.717, 1.165) is 11.3 Å². The summed E-state index contributed by atoms with van der Waals surface area (Å²) in [6.45, 7) is 4.15. The van der Waals surface area contributed by atoms with Crippen LogP contribution in [0, 0.1) is 19.8 Å². The second-order valence-corrected chi connectivity index (χ2v) is 5.18. The van der Waals surface area contributed by atoms with Gasteiger partial charge in [-0.05, 0) is 44.2 Å². The molecule has 1 heterocycles. The third kappa shape index (κ3) is 1.99. The lowest BCUT2D eigenvalue weighted by Gasteiger charge is -1.92. The molecule has 0 radical (unpaired) electrons. The summed E-state index contributed by atoms with van der Waals surface area (Å²) in [6, 6.07) is 2.03. The fourth-order valence-corrected chi connectivity index (χ4v) is 2.38. The Labute approximate surface area is 82.8 Å². The molecule has 0 saturated heterocycles. The van der Waals surface area contributed by atoms with Crippen molar-refractivity contribution < 1.29 is 4.79 Å². The van der Waals surface area contributed by atoms with Crippen molar-refractivity contribution >= 4 is 17.1 Å². The van der Waals surface area contributed by atoms with E-state index in [2.05, 4.69) is 13.8 Å². The molecule has 0 aliphatic heterocycles. The summed E-state index contributed by atoms with van der Waals surface area (Å²) < 4.78 is 0. The summed E-state index contributed by atoms with van der Waals surface area (Å²) in [5, 5.41) is 0. The number of carbonyl (C=O) groups is 1. The molecule has 70 valence electrons. The summed E-state index contributed by atoms with van der Waals surface area (Å²) in [5.74, 6) is 1.05. The van der Waals surface area contributed by atoms with Crippen LogP contribution in [-0.2, 0) is 0 Å². The number of Topliss-reactive ketones (excluding diaryl/α,β-unsaturated/α-hetero) is 1. The predicted molar refractivity (Wildman–Crippen MR) is 55.5 cm³/mol. The first-order chi connectivity index (χ1) is 6.16. The third-order valence-electron chi connectivity index (χ3n) is 2.61. The first-order valence-corrected chi connectivity index (χ1v) is 5.58. The average Bonchev–Trinajstić information content (AvgIpc) is 2.81. The second-order valence-electron chi connectivity index (χ2n) is 3.92. The van der Waals surface area contributed by atoms with E-state index in [1.54, 1.807) is 11.3 Å². The number of ketones is 1. The maximum Gasteiger partial charge on any atom is 0.173 e. The summed E-state index contributed by atoms with van der Waals surface area (Å²) in [7, 11) is 0. The average molecular weight is 194 g/mol. The van der Waals surface area contributed by atoms with Gasteiger partial charge in [-0.15, -0.1) is 11.3 Å². The van der Waals surface area contributed by atoms with Gasteiger partial charge in [-0.1, -0.05) is 0 Å². The molecule has 2 rings (SSSR count). The molecule has 1 saturated carbocycles. The van der Waals surface area contributed by atoms with Crippen LogP contribution in [0.4, 0.5) is 0 Å². The van der Waals surface area contributed by atoms with Crippen LogP contribution in [0.3, 0.4) is 0 Å². The summed E-state index contributed by atoms with van der Waals surface area (Å²) >= 11 is 1.64. The van der Waals surface area contributed by atoms with Gasteiger partial charge in [-0.25, -0.2) is 0 Å². The molecule has 1 nitrogen and oxygen atoms in total.